The lowest BCUT2D eigenvalue weighted by Gasteiger charge is -2.37. The van der Waals surface area contributed by atoms with Crippen molar-refractivity contribution in [3.63, 3.8) is 0 Å². The number of carbonyl (C=O) groups excluding carboxylic acids is 2. The lowest BCUT2D eigenvalue weighted by atomic mass is 9.93. The van der Waals surface area contributed by atoms with Gasteiger partial charge in [-0.1, -0.05) is 18.2 Å². The molecule has 0 aromatic heterocycles. The molecule has 2 aliphatic rings. The van der Waals surface area contributed by atoms with Crippen LogP contribution in [-0.4, -0.2) is 33.5 Å². The number of halogens is 4. The smallest absolute Gasteiger partial charge is 0.388 e. The molecule has 0 unspecified atom stereocenters. The molecular formula is C23H22F4N2O3. The average Bonchev–Trinajstić information content (AvgIpc) is 3.44. The quantitative estimate of drug-likeness (QED) is 0.654. The summed E-state index contributed by atoms with van der Waals surface area (Å²) in [7, 11) is 0. The monoisotopic (exact) mass is 450 g/mol. The number of amides is 2. The largest absolute Gasteiger partial charge is 0.420 e. The molecule has 1 aliphatic carbocycles. The zero-order valence-electron chi connectivity index (χ0n) is 17.5. The molecule has 5 nitrogen and oxygen atoms in total. The maximum Gasteiger partial charge on any atom is 0.420 e. The fraction of sp³-hybridized carbons (Fsp3) is 0.391. The molecule has 4 rings (SSSR count). The van der Waals surface area contributed by atoms with Gasteiger partial charge in [-0.25, -0.2) is 4.39 Å². The third kappa shape index (κ3) is 3.97. The molecule has 0 bridgehead atoms. The van der Waals surface area contributed by atoms with Crippen LogP contribution in [0.2, 0.25) is 0 Å². The highest BCUT2D eigenvalue weighted by atomic mass is 19.4. The highest BCUT2D eigenvalue weighted by molar-refractivity contribution is 6.11. The molecule has 1 atom stereocenters. The third-order valence-corrected chi connectivity index (χ3v) is 5.88. The molecule has 2 amide bonds. The van der Waals surface area contributed by atoms with Gasteiger partial charge in [-0.05, 0) is 56.4 Å². The Bertz CT molecular complexity index is 1090. The first-order valence-electron chi connectivity index (χ1n) is 10.2. The Hall–Kier alpha value is -2.94. The second-order valence-corrected chi connectivity index (χ2v) is 8.82. The molecule has 2 aromatic carbocycles. The van der Waals surface area contributed by atoms with Crippen molar-refractivity contribution in [2.75, 3.05) is 5.32 Å². The van der Waals surface area contributed by atoms with Crippen LogP contribution in [0.3, 0.4) is 0 Å². The fourth-order valence-corrected chi connectivity index (χ4v) is 4.53. The van der Waals surface area contributed by atoms with Gasteiger partial charge in [-0.3, -0.25) is 9.59 Å². The van der Waals surface area contributed by atoms with Gasteiger partial charge in [-0.2, -0.15) is 13.2 Å². The van der Waals surface area contributed by atoms with Crippen LogP contribution in [0.15, 0.2) is 36.4 Å². The summed E-state index contributed by atoms with van der Waals surface area (Å²) in [4.78, 5) is 27.5. The summed E-state index contributed by atoms with van der Waals surface area (Å²) < 4.78 is 53.8. The number of carbonyl (C=O) groups is 2. The number of benzene rings is 2. The second-order valence-electron chi connectivity index (χ2n) is 8.82. The maximum absolute atomic E-state index is 13.9. The number of anilines is 1. The average molecular weight is 450 g/mol. The minimum atomic E-state index is -5.06. The van der Waals surface area contributed by atoms with Gasteiger partial charge in [0.05, 0.1) is 28.5 Å². The minimum Gasteiger partial charge on any atom is -0.388 e. The first-order chi connectivity index (χ1) is 14.9. The van der Waals surface area contributed by atoms with E-state index in [0.717, 1.165) is 25.0 Å². The van der Waals surface area contributed by atoms with Crippen LogP contribution < -0.4 is 5.32 Å². The highest BCUT2D eigenvalue weighted by Gasteiger charge is 2.48. The van der Waals surface area contributed by atoms with E-state index in [2.05, 4.69) is 5.32 Å². The maximum atomic E-state index is 13.9. The van der Waals surface area contributed by atoms with Crippen molar-refractivity contribution in [1.82, 2.24) is 4.90 Å². The van der Waals surface area contributed by atoms with E-state index in [1.807, 2.05) is 0 Å². The lowest BCUT2D eigenvalue weighted by Crippen LogP contribution is -2.51. The zero-order chi connectivity index (χ0) is 23.4. The minimum absolute atomic E-state index is 0.0441. The van der Waals surface area contributed by atoms with Crippen LogP contribution >= 0.6 is 0 Å². The summed E-state index contributed by atoms with van der Waals surface area (Å²) in [5.74, 6) is -2.97. The summed E-state index contributed by atoms with van der Waals surface area (Å²) in [5.41, 5.74) is -2.87. The molecule has 2 N–H and O–H groups in total. The van der Waals surface area contributed by atoms with Crippen LogP contribution in [0.25, 0.3) is 0 Å². The first-order valence-corrected chi connectivity index (χ1v) is 10.2. The molecule has 0 spiro atoms. The van der Waals surface area contributed by atoms with E-state index in [0.29, 0.717) is 11.6 Å². The van der Waals surface area contributed by atoms with Crippen LogP contribution in [0.4, 0.5) is 23.2 Å². The molecule has 1 saturated carbocycles. The van der Waals surface area contributed by atoms with Gasteiger partial charge < -0.3 is 15.3 Å². The van der Waals surface area contributed by atoms with Crippen LogP contribution in [-0.2, 0) is 12.7 Å². The molecule has 0 radical (unpaired) electrons. The predicted molar refractivity (Wildman–Crippen MR) is 108 cm³/mol. The van der Waals surface area contributed by atoms with Crippen molar-refractivity contribution in [1.29, 1.82) is 0 Å². The summed E-state index contributed by atoms with van der Waals surface area (Å²) in [6, 6.07) is 6.81. The van der Waals surface area contributed by atoms with Gasteiger partial charge >= 0.3 is 6.18 Å². The van der Waals surface area contributed by atoms with Crippen molar-refractivity contribution < 1.29 is 32.3 Å². The number of aliphatic hydroxyl groups is 1. The van der Waals surface area contributed by atoms with E-state index in [9.17, 15) is 32.3 Å². The Kier molecular flexibility index (Phi) is 5.27. The zero-order valence-corrected chi connectivity index (χ0v) is 17.5. The molecule has 9 heteroatoms. The summed E-state index contributed by atoms with van der Waals surface area (Å²) in [6.07, 6.45) is -3.29. The van der Waals surface area contributed by atoms with Gasteiger partial charge in [0.25, 0.3) is 11.8 Å². The predicted octanol–water partition coefficient (Wildman–Crippen LogP) is 4.60. The van der Waals surface area contributed by atoms with Crippen LogP contribution in [0.1, 0.15) is 58.5 Å². The SMILES string of the molecule is CC(C)(O)[C@H](C1CC1)N1Cc2cccc(NC(=O)c3cccc(F)c3C(F)(F)F)c2C1=O. The Balaban J connectivity index is 1.67. The molecule has 1 aliphatic heterocycles. The fourth-order valence-electron chi connectivity index (χ4n) is 4.53. The normalized spacial score (nSPS) is 17.3. The van der Waals surface area contributed by atoms with E-state index >= 15 is 0 Å². The van der Waals surface area contributed by atoms with E-state index in [-0.39, 0.29) is 23.7 Å². The Morgan fingerprint density at radius 2 is 1.81 bits per heavy atom. The molecule has 32 heavy (non-hydrogen) atoms. The molecule has 0 saturated heterocycles. The van der Waals surface area contributed by atoms with Gasteiger partial charge in [0, 0.05) is 6.54 Å². The van der Waals surface area contributed by atoms with Gasteiger partial charge in [0.15, 0.2) is 0 Å². The van der Waals surface area contributed by atoms with Crippen molar-refractivity contribution in [2.45, 2.75) is 51.1 Å². The summed E-state index contributed by atoms with van der Waals surface area (Å²) in [5, 5.41) is 13.0. The number of alkyl halides is 3. The number of nitrogens with zero attached hydrogens (tertiary/aromatic N) is 1. The number of hydrogen-bond donors (Lipinski definition) is 2. The third-order valence-electron chi connectivity index (χ3n) is 5.88. The Morgan fingerprint density at radius 3 is 2.41 bits per heavy atom. The van der Waals surface area contributed by atoms with Gasteiger partial charge in [-0.15, -0.1) is 0 Å². The molecular weight excluding hydrogens is 428 g/mol. The highest BCUT2D eigenvalue weighted by Crippen LogP contribution is 2.44. The number of rotatable bonds is 5. The van der Waals surface area contributed by atoms with Gasteiger partial charge in [0.2, 0.25) is 0 Å². The van der Waals surface area contributed by atoms with E-state index < -0.39 is 46.6 Å². The standard InChI is InChI=1S/C23H22F4N2O3/c1-22(2,32)19(12-9-10-12)29-11-13-5-3-8-16(17(13)21(29)31)28-20(30)14-6-4-7-15(24)18(14)23(25,26)27/h3-8,12,19,32H,9-11H2,1-2H3,(H,28,30)/t19-/m0/s1. The van der Waals surface area contributed by atoms with Crippen molar-refractivity contribution in [3.8, 4) is 0 Å². The molecule has 1 heterocycles. The van der Waals surface area contributed by atoms with Crippen LogP contribution in [0, 0.1) is 11.7 Å². The van der Waals surface area contributed by atoms with Crippen molar-refractivity contribution in [2.24, 2.45) is 5.92 Å². The van der Waals surface area contributed by atoms with E-state index in [1.54, 1.807) is 30.9 Å². The topological polar surface area (TPSA) is 69.6 Å². The van der Waals surface area contributed by atoms with E-state index in [1.165, 1.54) is 6.07 Å². The molecule has 170 valence electrons. The Labute approximate surface area is 182 Å². The van der Waals surface area contributed by atoms with Crippen LogP contribution in [0.5, 0.6) is 0 Å². The first kappa shape index (κ1) is 22.3. The Morgan fingerprint density at radius 1 is 1.16 bits per heavy atom. The van der Waals surface area contributed by atoms with E-state index in [4.69, 9.17) is 0 Å². The second kappa shape index (κ2) is 7.58. The summed E-state index contributed by atoms with van der Waals surface area (Å²) in [6.45, 7) is 3.49. The molecule has 1 fully saturated rings. The lowest BCUT2D eigenvalue weighted by molar-refractivity contribution is -0.140. The number of hydrogen-bond acceptors (Lipinski definition) is 3. The van der Waals surface area contributed by atoms with Crippen molar-refractivity contribution >= 4 is 17.5 Å². The number of nitrogens with one attached hydrogen (secondary N) is 1. The molecule has 2 aromatic rings. The number of fused-ring (bicyclic) bond motifs is 1. The summed E-state index contributed by atoms with van der Waals surface area (Å²) >= 11 is 0. The van der Waals surface area contributed by atoms with Crippen molar-refractivity contribution in [3.05, 3.63) is 64.5 Å². The van der Waals surface area contributed by atoms with Gasteiger partial charge in [0.1, 0.15) is 11.4 Å².